The van der Waals surface area contributed by atoms with Crippen LogP contribution in [0.25, 0.3) is 0 Å². The molecule has 21 heavy (non-hydrogen) atoms. The fourth-order valence-electron chi connectivity index (χ4n) is 5.73. The van der Waals surface area contributed by atoms with Gasteiger partial charge in [-0.15, -0.1) is 0 Å². The predicted octanol–water partition coefficient (Wildman–Crippen LogP) is 5.61. The van der Waals surface area contributed by atoms with E-state index in [9.17, 15) is 0 Å². The highest BCUT2D eigenvalue weighted by atomic mass is 14.6. The third kappa shape index (κ3) is 1.42. The maximum absolute atomic E-state index is 2.50. The first-order chi connectivity index (χ1) is 10.1. The Morgan fingerprint density at radius 3 is 2.48 bits per heavy atom. The van der Waals surface area contributed by atoms with Crippen LogP contribution in [0, 0.1) is 17.8 Å². The van der Waals surface area contributed by atoms with Crippen LogP contribution >= 0.6 is 0 Å². The van der Waals surface area contributed by atoms with E-state index in [1.807, 2.05) is 0 Å². The summed E-state index contributed by atoms with van der Waals surface area (Å²) in [6.07, 6.45) is 7.40. The molecule has 0 heteroatoms. The molecule has 0 heterocycles. The summed E-state index contributed by atoms with van der Waals surface area (Å²) < 4.78 is 0. The van der Waals surface area contributed by atoms with Crippen molar-refractivity contribution in [2.24, 2.45) is 17.8 Å². The summed E-state index contributed by atoms with van der Waals surface area (Å²) in [6.45, 7) is 9.89. The molecule has 5 atom stereocenters. The van der Waals surface area contributed by atoms with Gasteiger partial charge in [-0.3, -0.25) is 0 Å². The minimum Gasteiger partial charge on any atom is -0.0839 e. The van der Waals surface area contributed by atoms with Crippen molar-refractivity contribution in [3.63, 3.8) is 0 Å². The van der Waals surface area contributed by atoms with Crippen LogP contribution in [0.3, 0.4) is 0 Å². The molecule has 0 fully saturated rings. The molecule has 3 aliphatic rings. The number of hydrogen-bond acceptors (Lipinski definition) is 0. The van der Waals surface area contributed by atoms with E-state index in [0.717, 1.165) is 5.92 Å². The third-order valence-electron chi connectivity index (χ3n) is 7.04. The molecule has 5 unspecified atom stereocenters. The zero-order valence-corrected chi connectivity index (χ0v) is 13.7. The van der Waals surface area contributed by atoms with E-state index in [-0.39, 0.29) is 5.41 Å². The number of rotatable bonds is 0. The van der Waals surface area contributed by atoms with Crippen molar-refractivity contribution in [1.82, 2.24) is 0 Å². The number of allylic oxidation sites excluding steroid dienone is 4. The van der Waals surface area contributed by atoms with Gasteiger partial charge in [-0.05, 0) is 53.2 Å². The second-order valence-electron chi connectivity index (χ2n) is 7.49. The van der Waals surface area contributed by atoms with Gasteiger partial charge in [-0.2, -0.15) is 0 Å². The molecule has 1 aromatic carbocycles. The van der Waals surface area contributed by atoms with Crippen LogP contribution < -0.4 is 0 Å². The van der Waals surface area contributed by atoms with Gasteiger partial charge < -0.3 is 0 Å². The third-order valence-corrected chi connectivity index (χ3v) is 7.04. The summed E-state index contributed by atoms with van der Waals surface area (Å²) in [5, 5.41) is 0. The van der Waals surface area contributed by atoms with E-state index >= 15 is 0 Å². The highest BCUT2D eigenvalue weighted by Gasteiger charge is 2.58. The van der Waals surface area contributed by atoms with E-state index in [1.165, 1.54) is 12.8 Å². The average molecular weight is 278 g/mol. The molecule has 0 amide bonds. The Labute approximate surface area is 129 Å². The van der Waals surface area contributed by atoms with Gasteiger partial charge in [0.1, 0.15) is 0 Å². The molecule has 1 aromatic rings. The van der Waals surface area contributed by atoms with Gasteiger partial charge in [0.2, 0.25) is 0 Å². The Balaban J connectivity index is 2.03. The van der Waals surface area contributed by atoms with E-state index in [1.54, 1.807) is 22.3 Å². The number of hydrogen-bond donors (Lipinski definition) is 0. The Morgan fingerprint density at radius 1 is 0.952 bits per heavy atom. The molecule has 0 aromatic heterocycles. The van der Waals surface area contributed by atoms with Crippen molar-refractivity contribution in [2.45, 2.75) is 51.9 Å². The molecule has 0 bridgehead atoms. The largest absolute Gasteiger partial charge is 0.0839 e. The molecular formula is C21H26. The van der Waals surface area contributed by atoms with Crippen molar-refractivity contribution in [3.05, 3.63) is 58.7 Å². The standard InChI is InChI=1S/C21H26/c1-13-15(3)21(19-11-7-5-9-17(13)19)16(4)14(2)18-10-6-8-12-20(18)21/h5,7-9,11-16H,6,10H2,1-4H3. The summed E-state index contributed by atoms with van der Waals surface area (Å²) in [7, 11) is 0. The van der Waals surface area contributed by atoms with Crippen LogP contribution in [-0.2, 0) is 5.41 Å². The number of benzene rings is 1. The van der Waals surface area contributed by atoms with Crippen molar-refractivity contribution in [3.8, 4) is 0 Å². The minimum absolute atomic E-state index is 0.266. The molecule has 0 aliphatic heterocycles. The lowest BCUT2D eigenvalue weighted by Gasteiger charge is -2.40. The van der Waals surface area contributed by atoms with Crippen molar-refractivity contribution in [1.29, 1.82) is 0 Å². The smallest absolute Gasteiger partial charge is 0.0267 e. The molecule has 0 saturated carbocycles. The highest BCUT2D eigenvalue weighted by molar-refractivity contribution is 5.59. The summed E-state index contributed by atoms with van der Waals surface area (Å²) in [6, 6.07) is 9.24. The van der Waals surface area contributed by atoms with Gasteiger partial charge in [0, 0.05) is 5.41 Å². The van der Waals surface area contributed by atoms with Crippen molar-refractivity contribution < 1.29 is 0 Å². The minimum atomic E-state index is 0.266. The molecule has 0 saturated heterocycles. The van der Waals surface area contributed by atoms with Gasteiger partial charge in [0.25, 0.3) is 0 Å². The van der Waals surface area contributed by atoms with Crippen molar-refractivity contribution >= 4 is 0 Å². The molecular weight excluding hydrogens is 252 g/mol. The first-order valence-corrected chi connectivity index (χ1v) is 8.59. The van der Waals surface area contributed by atoms with Crippen LogP contribution in [0.2, 0.25) is 0 Å². The molecule has 3 aliphatic carbocycles. The average Bonchev–Trinajstić information content (AvgIpc) is 2.89. The highest BCUT2D eigenvalue weighted by Crippen LogP contribution is 2.65. The fraction of sp³-hybridized carbons (Fsp3) is 0.524. The Morgan fingerprint density at radius 2 is 1.67 bits per heavy atom. The zero-order chi connectivity index (χ0) is 14.8. The quantitative estimate of drug-likeness (QED) is 0.578. The fourth-order valence-corrected chi connectivity index (χ4v) is 5.73. The van der Waals surface area contributed by atoms with Crippen LogP contribution in [0.1, 0.15) is 57.6 Å². The predicted molar refractivity (Wildman–Crippen MR) is 89.4 cm³/mol. The molecule has 0 N–H and O–H groups in total. The summed E-state index contributed by atoms with van der Waals surface area (Å²) in [5.41, 5.74) is 6.92. The first kappa shape index (κ1) is 13.4. The van der Waals surface area contributed by atoms with E-state index < -0.39 is 0 Å². The zero-order valence-electron chi connectivity index (χ0n) is 13.7. The summed E-state index contributed by atoms with van der Waals surface area (Å²) in [4.78, 5) is 0. The van der Waals surface area contributed by atoms with E-state index in [4.69, 9.17) is 0 Å². The van der Waals surface area contributed by atoms with Gasteiger partial charge in [-0.25, -0.2) is 0 Å². The second kappa shape index (κ2) is 4.35. The Hall–Kier alpha value is -1.30. The molecule has 4 rings (SSSR count). The molecule has 110 valence electrons. The Bertz CT molecular complexity index is 648. The topological polar surface area (TPSA) is 0 Å². The van der Waals surface area contributed by atoms with Gasteiger partial charge in [-0.1, -0.05) is 69.7 Å². The molecule has 0 radical (unpaired) electrons. The lowest BCUT2D eigenvalue weighted by atomic mass is 9.63. The second-order valence-corrected chi connectivity index (χ2v) is 7.49. The summed E-state index contributed by atoms with van der Waals surface area (Å²) >= 11 is 0. The van der Waals surface area contributed by atoms with Gasteiger partial charge in [0.15, 0.2) is 0 Å². The maximum atomic E-state index is 2.50. The molecule has 1 spiro atoms. The van der Waals surface area contributed by atoms with Crippen LogP contribution in [-0.4, -0.2) is 0 Å². The van der Waals surface area contributed by atoms with E-state index in [2.05, 4.69) is 64.1 Å². The summed E-state index contributed by atoms with van der Waals surface area (Å²) in [5.74, 6) is 2.80. The first-order valence-electron chi connectivity index (χ1n) is 8.59. The van der Waals surface area contributed by atoms with Gasteiger partial charge >= 0.3 is 0 Å². The van der Waals surface area contributed by atoms with Crippen LogP contribution in [0.4, 0.5) is 0 Å². The van der Waals surface area contributed by atoms with Gasteiger partial charge in [0.05, 0.1) is 0 Å². The normalized spacial score (nSPS) is 40.8. The van der Waals surface area contributed by atoms with E-state index in [0.29, 0.717) is 17.8 Å². The van der Waals surface area contributed by atoms with Crippen LogP contribution in [0.15, 0.2) is 47.6 Å². The number of fused-ring (bicyclic) bond motifs is 3. The SMILES string of the molecule is CC1C2=C(C=CCC2)C2(c3ccccc3C(C)C2C)C1C. The lowest BCUT2D eigenvalue weighted by molar-refractivity contribution is 0.230. The maximum Gasteiger partial charge on any atom is 0.0267 e. The molecule has 0 nitrogen and oxygen atoms in total. The monoisotopic (exact) mass is 278 g/mol. The van der Waals surface area contributed by atoms with Crippen LogP contribution in [0.5, 0.6) is 0 Å². The lowest BCUT2D eigenvalue weighted by Crippen LogP contribution is -2.37. The Kier molecular flexibility index (Phi) is 2.77. The van der Waals surface area contributed by atoms with Crippen molar-refractivity contribution in [2.75, 3.05) is 0 Å².